The van der Waals surface area contributed by atoms with Gasteiger partial charge in [0.15, 0.2) is 0 Å². The molecule has 1 saturated heterocycles. The lowest BCUT2D eigenvalue weighted by Crippen LogP contribution is -2.22. The Morgan fingerprint density at radius 2 is 2.33 bits per heavy atom. The van der Waals surface area contributed by atoms with Crippen molar-refractivity contribution in [1.82, 2.24) is 0 Å². The second kappa shape index (κ2) is 4.34. The van der Waals surface area contributed by atoms with Gasteiger partial charge in [-0.1, -0.05) is 12.1 Å². The van der Waals surface area contributed by atoms with Crippen LogP contribution in [0.3, 0.4) is 0 Å². The second-order valence-electron chi connectivity index (χ2n) is 3.64. The van der Waals surface area contributed by atoms with E-state index < -0.39 is 0 Å². The van der Waals surface area contributed by atoms with Gasteiger partial charge in [0.25, 0.3) is 0 Å². The third kappa shape index (κ3) is 2.12. The molecule has 1 heterocycles. The quantitative estimate of drug-likeness (QED) is 0.695. The first kappa shape index (κ1) is 10.0. The summed E-state index contributed by atoms with van der Waals surface area (Å²) in [6.45, 7) is 0.555. The molecular formula is C12H14O3. The molecule has 1 aromatic rings. The Bertz CT molecular complexity index is 360. The summed E-state index contributed by atoms with van der Waals surface area (Å²) in [5, 5.41) is 0. The highest BCUT2D eigenvalue weighted by atomic mass is 16.5. The number of esters is 1. The number of carbonyl (C=O) groups excluding carboxylic acids is 1. The Balaban J connectivity index is 2.23. The van der Waals surface area contributed by atoms with Crippen LogP contribution in [-0.2, 0) is 9.53 Å². The number of hydrogen-bond donors (Lipinski definition) is 0. The molecule has 1 aromatic carbocycles. The fraction of sp³-hybridized carbons (Fsp3) is 0.417. The Hall–Kier alpha value is -1.51. The molecule has 3 nitrogen and oxygen atoms in total. The maximum Gasteiger partial charge on any atom is 0.313 e. The van der Waals surface area contributed by atoms with Gasteiger partial charge in [0.1, 0.15) is 5.75 Å². The summed E-state index contributed by atoms with van der Waals surface area (Å²) in [5.41, 5.74) is 0.985. The van der Waals surface area contributed by atoms with Crippen molar-refractivity contribution in [3.05, 3.63) is 29.8 Å². The molecule has 2 rings (SSSR count). The first-order valence-corrected chi connectivity index (χ1v) is 5.12. The van der Waals surface area contributed by atoms with Crippen LogP contribution in [0.1, 0.15) is 24.3 Å². The fourth-order valence-electron chi connectivity index (χ4n) is 1.84. The Morgan fingerprint density at radius 3 is 3.07 bits per heavy atom. The summed E-state index contributed by atoms with van der Waals surface area (Å²) < 4.78 is 10.2. The van der Waals surface area contributed by atoms with E-state index in [9.17, 15) is 4.79 Å². The van der Waals surface area contributed by atoms with Crippen LogP contribution in [0, 0.1) is 0 Å². The minimum absolute atomic E-state index is 0.116. The number of carbonyl (C=O) groups is 1. The molecule has 0 aliphatic carbocycles. The Labute approximate surface area is 89.0 Å². The van der Waals surface area contributed by atoms with Crippen molar-refractivity contribution in [2.24, 2.45) is 0 Å². The lowest BCUT2D eigenvalue weighted by Gasteiger charge is -2.21. The molecule has 1 aliphatic heterocycles. The fourth-order valence-corrected chi connectivity index (χ4v) is 1.84. The van der Waals surface area contributed by atoms with Gasteiger partial charge in [-0.25, -0.2) is 0 Å². The first-order valence-electron chi connectivity index (χ1n) is 5.12. The largest absolute Gasteiger partial charge is 0.497 e. The summed E-state index contributed by atoms with van der Waals surface area (Å²) in [6, 6.07) is 7.62. The summed E-state index contributed by atoms with van der Waals surface area (Å²) >= 11 is 0. The lowest BCUT2D eigenvalue weighted by atomic mass is 9.93. The van der Waals surface area contributed by atoms with E-state index in [0.29, 0.717) is 6.61 Å². The highest BCUT2D eigenvalue weighted by Crippen LogP contribution is 2.28. The molecular weight excluding hydrogens is 192 g/mol. The molecule has 0 radical (unpaired) electrons. The van der Waals surface area contributed by atoms with E-state index >= 15 is 0 Å². The van der Waals surface area contributed by atoms with Crippen LogP contribution in [0.4, 0.5) is 0 Å². The minimum atomic E-state index is -0.117. The van der Waals surface area contributed by atoms with Crippen molar-refractivity contribution in [2.75, 3.05) is 13.7 Å². The summed E-state index contributed by atoms with van der Waals surface area (Å²) in [6.07, 6.45) is 1.81. The third-order valence-corrected chi connectivity index (χ3v) is 2.66. The van der Waals surface area contributed by atoms with Crippen molar-refractivity contribution in [1.29, 1.82) is 0 Å². The van der Waals surface area contributed by atoms with Crippen LogP contribution in [0.25, 0.3) is 0 Å². The number of cyclic esters (lactones) is 1. The van der Waals surface area contributed by atoms with Crippen LogP contribution in [0.15, 0.2) is 24.3 Å². The average molecular weight is 206 g/mol. The predicted octanol–water partition coefficient (Wildman–Crippen LogP) is 2.12. The molecule has 3 heteroatoms. The summed E-state index contributed by atoms with van der Waals surface area (Å²) in [5.74, 6) is 0.550. The normalized spacial score (nSPS) is 20.9. The third-order valence-electron chi connectivity index (χ3n) is 2.66. The number of methoxy groups -OCH3 is 1. The van der Waals surface area contributed by atoms with E-state index in [1.165, 1.54) is 0 Å². The first-order chi connectivity index (χ1) is 7.31. The predicted molar refractivity (Wildman–Crippen MR) is 55.9 cm³/mol. The maximum absolute atomic E-state index is 11.5. The molecule has 0 N–H and O–H groups in total. The van der Waals surface area contributed by atoms with Gasteiger partial charge in [0.05, 0.1) is 19.6 Å². The van der Waals surface area contributed by atoms with E-state index in [0.717, 1.165) is 24.2 Å². The van der Waals surface area contributed by atoms with E-state index in [4.69, 9.17) is 9.47 Å². The summed E-state index contributed by atoms with van der Waals surface area (Å²) in [4.78, 5) is 11.5. The van der Waals surface area contributed by atoms with Crippen LogP contribution in [0.5, 0.6) is 5.75 Å². The Morgan fingerprint density at radius 1 is 1.47 bits per heavy atom. The highest BCUT2D eigenvalue weighted by molar-refractivity contribution is 5.78. The van der Waals surface area contributed by atoms with Crippen LogP contribution in [-0.4, -0.2) is 19.7 Å². The number of rotatable bonds is 2. The van der Waals surface area contributed by atoms with E-state index in [1.807, 2.05) is 24.3 Å². The van der Waals surface area contributed by atoms with E-state index in [2.05, 4.69) is 0 Å². The van der Waals surface area contributed by atoms with Crippen molar-refractivity contribution in [3.63, 3.8) is 0 Å². The minimum Gasteiger partial charge on any atom is -0.497 e. The van der Waals surface area contributed by atoms with Crippen molar-refractivity contribution in [3.8, 4) is 5.75 Å². The zero-order chi connectivity index (χ0) is 10.7. The molecule has 1 atom stereocenters. The standard InChI is InChI=1S/C12H14O3/c1-14-10-5-2-4-9(8-10)11-6-3-7-15-12(11)13/h2,4-5,8,11H,3,6-7H2,1H3. The van der Waals surface area contributed by atoms with Gasteiger partial charge < -0.3 is 9.47 Å². The van der Waals surface area contributed by atoms with Gasteiger partial charge in [-0.05, 0) is 30.5 Å². The lowest BCUT2D eigenvalue weighted by molar-refractivity contribution is -0.149. The Kier molecular flexibility index (Phi) is 2.90. The van der Waals surface area contributed by atoms with Gasteiger partial charge >= 0.3 is 5.97 Å². The van der Waals surface area contributed by atoms with Crippen LogP contribution < -0.4 is 4.74 Å². The van der Waals surface area contributed by atoms with Gasteiger partial charge in [-0.2, -0.15) is 0 Å². The van der Waals surface area contributed by atoms with E-state index in [1.54, 1.807) is 7.11 Å². The smallest absolute Gasteiger partial charge is 0.313 e. The van der Waals surface area contributed by atoms with Gasteiger partial charge in [-0.3, -0.25) is 4.79 Å². The molecule has 0 bridgehead atoms. The SMILES string of the molecule is COc1cccc(C2CCCOC2=O)c1. The molecule has 1 unspecified atom stereocenters. The van der Waals surface area contributed by atoms with Gasteiger partial charge in [0.2, 0.25) is 0 Å². The molecule has 0 aromatic heterocycles. The molecule has 1 fully saturated rings. The van der Waals surface area contributed by atoms with Crippen molar-refractivity contribution >= 4 is 5.97 Å². The highest BCUT2D eigenvalue weighted by Gasteiger charge is 2.25. The zero-order valence-corrected chi connectivity index (χ0v) is 8.73. The van der Waals surface area contributed by atoms with Crippen molar-refractivity contribution in [2.45, 2.75) is 18.8 Å². The molecule has 1 aliphatic rings. The number of ether oxygens (including phenoxy) is 2. The number of benzene rings is 1. The van der Waals surface area contributed by atoms with Gasteiger partial charge in [-0.15, -0.1) is 0 Å². The molecule has 0 amide bonds. The molecule has 15 heavy (non-hydrogen) atoms. The van der Waals surface area contributed by atoms with Crippen molar-refractivity contribution < 1.29 is 14.3 Å². The molecule has 0 saturated carbocycles. The average Bonchev–Trinajstić information content (AvgIpc) is 2.30. The zero-order valence-electron chi connectivity index (χ0n) is 8.73. The van der Waals surface area contributed by atoms with Crippen LogP contribution in [0.2, 0.25) is 0 Å². The van der Waals surface area contributed by atoms with Crippen LogP contribution >= 0.6 is 0 Å². The summed E-state index contributed by atoms with van der Waals surface area (Å²) in [7, 11) is 1.62. The number of hydrogen-bond acceptors (Lipinski definition) is 3. The topological polar surface area (TPSA) is 35.5 Å². The maximum atomic E-state index is 11.5. The van der Waals surface area contributed by atoms with Gasteiger partial charge in [0, 0.05) is 0 Å². The molecule has 80 valence electrons. The van der Waals surface area contributed by atoms with E-state index in [-0.39, 0.29) is 11.9 Å². The monoisotopic (exact) mass is 206 g/mol. The molecule has 0 spiro atoms. The second-order valence-corrected chi connectivity index (χ2v) is 3.64.